The SMILES string of the molecule is C[C@@H]1NC(CC(C)(C)C)[C@](C#N)(c2ccc(Cl)cc2F)[C@H]1c1cccc(Cl)c1. The summed E-state index contributed by atoms with van der Waals surface area (Å²) in [5.41, 5.74) is 0.202. The molecule has 4 atom stereocenters. The van der Waals surface area contributed by atoms with Crippen molar-refractivity contribution >= 4 is 23.2 Å². The first-order valence-corrected chi connectivity index (χ1v) is 10.2. The van der Waals surface area contributed by atoms with Gasteiger partial charge in [-0.1, -0.05) is 62.2 Å². The molecule has 2 aromatic rings. The normalized spacial score (nSPS) is 27.6. The van der Waals surface area contributed by atoms with E-state index in [0.29, 0.717) is 15.6 Å². The van der Waals surface area contributed by atoms with Crippen LogP contribution in [0.4, 0.5) is 4.39 Å². The van der Waals surface area contributed by atoms with Gasteiger partial charge in [-0.2, -0.15) is 5.26 Å². The smallest absolute Gasteiger partial charge is 0.129 e. The average molecular weight is 419 g/mol. The molecule has 0 aromatic heterocycles. The average Bonchev–Trinajstić information content (AvgIpc) is 2.85. The molecule has 0 aliphatic carbocycles. The molecule has 0 radical (unpaired) electrons. The van der Waals surface area contributed by atoms with Crippen LogP contribution in [-0.4, -0.2) is 12.1 Å². The summed E-state index contributed by atoms with van der Waals surface area (Å²) in [5.74, 6) is -0.699. The Kier molecular flexibility index (Phi) is 5.79. The predicted octanol–water partition coefficient (Wildman–Crippen LogP) is 6.47. The molecule has 1 aliphatic heterocycles. The highest BCUT2D eigenvalue weighted by atomic mass is 35.5. The Morgan fingerprint density at radius 2 is 1.82 bits per heavy atom. The first kappa shape index (κ1) is 21.1. The number of hydrogen-bond acceptors (Lipinski definition) is 2. The maximum Gasteiger partial charge on any atom is 0.129 e. The van der Waals surface area contributed by atoms with Crippen LogP contribution in [0, 0.1) is 22.6 Å². The lowest BCUT2D eigenvalue weighted by Gasteiger charge is -2.37. The van der Waals surface area contributed by atoms with Gasteiger partial charge in [0.1, 0.15) is 11.2 Å². The second-order valence-corrected chi connectivity index (χ2v) is 9.78. The van der Waals surface area contributed by atoms with Crippen LogP contribution in [0.5, 0.6) is 0 Å². The number of nitriles is 1. The van der Waals surface area contributed by atoms with Crippen LogP contribution in [0.15, 0.2) is 42.5 Å². The zero-order valence-corrected chi connectivity index (χ0v) is 18.1. The van der Waals surface area contributed by atoms with Gasteiger partial charge in [0.05, 0.1) is 6.07 Å². The van der Waals surface area contributed by atoms with E-state index in [1.54, 1.807) is 12.1 Å². The Hall–Kier alpha value is -1.60. The molecule has 0 spiro atoms. The van der Waals surface area contributed by atoms with E-state index >= 15 is 4.39 Å². The van der Waals surface area contributed by atoms with E-state index in [1.165, 1.54) is 6.07 Å². The molecule has 1 N–H and O–H groups in total. The Balaban J connectivity index is 2.26. The lowest BCUT2D eigenvalue weighted by molar-refractivity contribution is 0.278. The van der Waals surface area contributed by atoms with E-state index in [9.17, 15) is 5.26 Å². The van der Waals surface area contributed by atoms with Crippen molar-refractivity contribution in [3.05, 3.63) is 69.5 Å². The number of nitrogens with zero attached hydrogens (tertiary/aromatic N) is 1. The van der Waals surface area contributed by atoms with Crippen molar-refractivity contribution in [3.63, 3.8) is 0 Å². The number of rotatable bonds is 3. The maximum absolute atomic E-state index is 15.1. The van der Waals surface area contributed by atoms with Gasteiger partial charge in [-0.25, -0.2) is 4.39 Å². The highest BCUT2D eigenvalue weighted by molar-refractivity contribution is 6.30. The van der Waals surface area contributed by atoms with Gasteiger partial charge < -0.3 is 5.32 Å². The number of hydrogen-bond donors (Lipinski definition) is 1. The third kappa shape index (κ3) is 3.79. The van der Waals surface area contributed by atoms with Gasteiger partial charge >= 0.3 is 0 Å². The fourth-order valence-corrected chi connectivity index (χ4v) is 4.99. The van der Waals surface area contributed by atoms with Crippen LogP contribution in [-0.2, 0) is 5.41 Å². The molecule has 148 valence electrons. The summed E-state index contributed by atoms with van der Waals surface area (Å²) in [6, 6.07) is 14.4. The Bertz CT molecular complexity index is 916. The van der Waals surface area contributed by atoms with E-state index in [2.05, 4.69) is 32.2 Å². The monoisotopic (exact) mass is 418 g/mol. The van der Waals surface area contributed by atoms with E-state index < -0.39 is 11.2 Å². The summed E-state index contributed by atoms with van der Waals surface area (Å²) in [5, 5.41) is 15.0. The van der Waals surface area contributed by atoms with Crippen molar-refractivity contribution in [2.75, 3.05) is 0 Å². The Morgan fingerprint density at radius 1 is 1.14 bits per heavy atom. The molecular formula is C23H25Cl2FN2. The zero-order valence-electron chi connectivity index (χ0n) is 16.6. The topological polar surface area (TPSA) is 35.8 Å². The van der Waals surface area contributed by atoms with E-state index in [1.807, 2.05) is 31.2 Å². The van der Waals surface area contributed by atoms with E-state index in [4.69, 9.17) is 23.2 Å². The van der Waals surface area contributed by atoms with Gasteiger partial charge in [0.2, 0.25) is 0 Å². The molecule has 1 aliphatic rings. The van der Waals surface area contributed by atoms with Gasteiger partial charge in [0.15, 0.2) is 0 Å². The summed E-state index contributed by atoms with van der Waals surface area (Å²) >= 11 is 12.3. The maximum atomic E-state index is 15.1. The third-order valence-corrected chi connectivity index (χ3v) is 6.06. The largest absolute Gasteiger partial charge is 0.309 e. The highest BCUT2D eigenvalue weighted by Gasteiger charge is 2.57. The molecule has 1 unspecified atom stereocenters. The Morgan fingerprint density at radius 3 is 2.39 bits per heavy atom. The second kappa shape index (κ2) is 7.67. The van der Waals surface area contributed by atoms with Crippen LogP contribution >= 0.6 is 23.2 Å². The fraction of sp³-hybridized carbons (Fsp3) is 0.435. The first-order chi connectivity index (χ1) is 13.1. The van der Waals surface area contributed by atoms with E-state index in [0.717, 1.165) is 12.0 Å². The van der Waals surface area contributed by atoms with E-state index in [-0.39, 0.29) is 23.4 Å². The molecule has 1 fully saturated rings. The second-order valence-electron chi connectivity index (χ2n) is 8.91. The molecule has 2 nitrogen and oxygen atoms in total. The molecule has 28 heavy (non-hydrogen) atoms. The van der Waals surface area contributed by atoms with Crippen LogP contribution in [0.25, 0.3) is 0 Å². The van der Waals surface area contributed by atoms with Crippen LogP contribution in [0.3, 0.4) is 0 Å². The van der Waals surface area contributed by atoms with Crippen molar-refractivity contribution in [3.8, 4) is 6.07 Å². The van der Waals surface area contributed by atoms with Gasteiger partial charge in [0.25, 0.3) is 0 Å². The van der Waals surface area contributed by atoms with Gasteiger partial charge in [-0.15, -0.1) is 0 Å². The van der Waals surface area contributed by atoms with Gasteiger partial charge in [-0.05, 0) is 48.6 Å². The third-order valence-electron chi connectivity index (χ3n) is 5.59. The standard InChI is InChI=1S/C23H25Cl2FN2/c1-14-21(15-6-5-7-16(24)10-15)23(13-27,20(28-14)12-22(2,3)4)18-9-8-17(25)11-19(18)26/h5-11,14,20-21,28H,12H2,1-4H3/t14-,20?,21+,23-/m0/s1. The molecular weight excluding hydrogens is 394 g/mol. The molecule has 1 heterocycles. The molecule has 2 aromatic carbocycles. The summed E-state index contributed by atoms with van der Waals surface area (Å²) < 4.78 is 15.1. The lowest BCUT2D eigenvalue weighted by Crippen LogP contribution is -2.44. The quantitative estimate of drug-likeness (QED) is 0.619. The summed E-state index contributed by atoms with van der Waals surface area (Å²) in [6.07, 6.45) is 0.726. The molecule has 5 heteroatoms. The van der Waals surface area contributed by atoms with Crippen molar-refractivity contribution in [2.45, 2.75) is 57.5 Å². The van der Waals surface area contributed by atoms with Gasteiger partial charge in [0, 0.05) is 33.6 Å². The minimum absolute atomic E-state index is 0.0273. The van der Waals surface area contributed by atoms with Crippen LogP contribution < -0.4 is 5.32 Å². The Labute approximate surface area is 176 Å². The lowest BCUT2D eigenvalue weighted by atomic mass is 9.63. The van der Waals surface area contributed by atoms with Crippen molar-refractivity contribution < 1.29 is 4.39 Å². The molecule has 3 rings (SSSR count). The fourth-order valence-electron chi connectivity index (χ4n) is 4.63. The molecule has 0 amide bonds. The summed E-state index contributed by atoms with van der Waals surface area (Å²) in [6.45, 7) is 8.44. The minimum Gasteiger partial charge on any atom is -0.309 e. The first-order valence-electron chi connectivity index (χ1n) is 9.47. The number of nitrogens with one attached hydrogen (secondary N) is 1. The summed E-state index contributed by atoms with van der Waals surface area (Å²) in [4.78, 5) is 0. The predicted molar refractivity (Wildman–Crippen MR) is 113 cm³/mol. The van der Waals surface area contributed by atoms with Gasteiger partial charge in [-0.3, -0.25) is 0 Å². The van der Waals surface area contributed by atoms with Crippen molar-refractivity contribution in [1.29, 1.82) is 5.26 Å². The number of halogens is 3. The minimum atomic E-state index is -1.08. The molecule has 0 bridgehead atoms. The van der Waals surface area contributed by atoms with Crippen molar-refractivity contribution in [2.24, 2.45) is 5.41 Å². The zero-order chi connectivity index (χ0) is 20.7. The molecule has 0 saturated carbocycles. The molecule has 1 saturated heterocycles. The van der Waals surface area contributed by atoms with Crippen molar-refractivity contribution in [1.82, 2.24) is 5.32 Å². The number of benzene rings is 2. The van der Waals surface area contributed by atoms with Crippen LogP contribution in [0.2, 0.25) is 10.0 Å². The van der Waals surface area contributed by atoms with Crippen LogP contribution in [0.1, 0.15) is 51.2 Å². The summed E-state index contributed by atoms with van der Waals surface area (Å²) in [7, 11) is 0. The highest BCUT2D eigenvalue weighted by Crippen LogP contribution is 2.51.